The number of nitrogens with zero attached hydrogens (tertiary/aromatic N) is 2. The number of esters is 1. The third-order valence-corrected chi connectivity index (χ3v) is 4.92. The van der Waals surface area contributed by atoms with Crippen LogP contribution in [0.15, 0.2) is 60.7 Å². The van der Waals surface area contributed by atoms with Crippen LogP contribution in [0.25, 0.3) is 0 Å². The molecule has 1 aliphatic heterocycles. The molecule has 1 N–H and O–H groups in total. The van der Waals surface area contributed by atoms with Crippen LogP contribution in [0.2, 0.25) is 0 Å². The first-order valence-corrected chi connectivity index (χ1v) is 9.73. The summed E-state index contributed by atoms with van der Waals surface area (Å²) in [6.07, 6.45) is -0.632. The average molecular weight is 397 g/mol. The minimum atomic E-state index is -0.772. The van der Waals surface area contributed by atoms with E-state index in [-0.39, 0.29) is 6.61 Å². The number of hydrogen-bond acceptors (Lipinski definition) is 6. The molecule has 154 valence electrons. The van der Waals surface area contributed by atoms with Crippen LogP contribution in [-0.4, -0.2) is 62.8 Å². The maximum Gasteiger partial charge on any atom is 0.408 e. The SMILES string of the molecule is COC(=O)C(CN1CCN(c2ccccc2)CC1)NC(=O)OCc1ccccc1. The van der Waals surface area contributed by atoms with Crippen LogP contribution in [0.3, 0.4) is 0 Å². The fourth-order valence-electron chi connectivity index (χ4n) is 3.31. The second-order valence-corrected chi connectivity index (χ2v) is 6.91. The molecule has 1 fully saturated rings. The average Bonchev–Trinajstić information content (AvgIpc) is 2.78. The fourth-order valence-corrected chi connectivity index (χ4v) is 3.31. The van der Waals surface area contributed by atoms with Gasteiger partial charge in [0.1, 0.15) is 12.6 Å². The fraction of sp³-hybridized carbons (Fsp3) is 0.364. The van der Waals surface area contributed by atoms with Crippen molar-refractivity contribution in [2.24, 2.45) is 0 Å². The lowest BCUT2D eigenvalue weighted by atomic mass is 10.2. The summed E-state index contributed by atoms with van der Waals surface area (Å²) in [5.74, 6) is -0.479. The van der Waals surface area contributed by atoms with Crippen molar-refractivity contribution < 1.29 is 19.1 Å². The van der Waals surface area contributed by atoms with Gasteiger partial charge in [-0.15, -0.1) is 0 Å². The lowest BCUT2D eigenvalue weighted by molar-refractivity contribution is -0.143. The van der Waals surface area contributed by atoms with Crippen LogP contribution in [0.5, 0.6) is 0 Å². The third kappa shape index (κ3) is 6.22. The number of anilines is 1. The lowest BCUT2D eigenvalue weighted by Gasteiger charge is -2.37. The van der Waals surface area contributed by atoms with Gasteiger partial charge in [0.25, 0.3) is 0 Å². The molecule has 1 saturated heterocycles. The van der Waals surface area contributed by atoms with Crippen molar-refractivity contribution in [1.29, 1.82) is 0 Å². The summed E-state index contributed by atoms with van der Waals surface area (Å²) in [6, 6.07) is 18.9. The largest absolute Gasteiger partial charge is 0.467 e. The van der Waals surface area contributed by atoms with E-state index in [1.807, 2.05) is 48.5 Å². The van der Waals surface area contributed by atoms with Crippen LogP contribution in [0.1, 0.15) is 5.56 Å². The number of benzene rings is 2. The molecule has 7 heteroatoms. The summed E-state index contributed by atoms with van der Waals surface area (Å²) in [6.45, 7) is 3.84. The van der Waals surface area contributed by atoms with E-state index in [1.165, 1.54) is 12.8 Å². The quantitative estimate of drug-likeness (QED) is 0.723. The molecule has 29 heavy (non-hydrogen) atoms. The van der Waals surface area contributed by atoms with Gasteiger partial charge in [-0.2, -0.15) is 0 Å². The van der Waals surface area contributed by atoms with Crippen molar-refractivity contribution in [1.82, 2.24) is 10.2 Å². The highest BCUT2D eigenvalue weighted by molar-refractivity contribution is 5.81. The molecule has 3 rings (SSSR count). The van der Waals surface area contributed by atoms with Crippen LogP contribution in [-0.2, 0) is 20.9 Å². The van der Waals surface area contributed by atoms with Gasteiger partial charge in [-0.1, -0.05) is 48.5 Å². The molecule has 0 saturated carbocycles. The molecule has 1 atom stereocenters. The summed E-state index contributed by atoms with van der Waals surface area (Å²) >= 11 is 0. The molecule has 0 aromatic heterocycles. The van der Waals surface area contributed by atoms with Gasteiger partial charge in [0.05, 0.1) is 7.11 Å². The Kier molecular flexibility index (Phi) is 7.47. The number of hydrogen-bond donors (Lipinski definition) is 1. The van der Waals surface area contributed by atoms with Crippen molar-refractivity contribution in [3.8, 4) is 0 Å². The summed E-state index contributed by atoms with van der Waals surface area (Å²) in [4.78, 5) is 28.8. The number of nitrogens with one attached hydrogen (secondary N) is 1. The van der Waals surface area contributed by atoms with Crippen molar-refractivity contribution >= 4 is 17.7 Å². The Morgan fingerprint density at radius 1 is 0.966 bits per heavy atom. The van der Waals surface area contributed by atoms with Gasteiger partial charge in [0.15, 0.2) is 0 Å². The minimum Gasteiger partial charge on any atom is -0.467 e. The Balaban J connectivity index is 1.49. The first-order chi connectivity index (χ1) is 14.2. The highest BCUT2D eigenvalue weighted by atomic mass is 16.6. The zero-order valence-corrected chi connectivity index (χ0v) is 16.6. The topological polar surface area (TPSA) is 71.1 Å². The van der Waals surface area contributed by atoms with Gasteiger partial charge in [-0.3, -0.25) is 4.90 Å². The molecule has 0 aliphatic carbocycles. The molecule has 1 amide bonds. The number of methoxy groups -OCH3 is 1. The Morgan fingerprint density at radius 3 is 2.21 bits per heavy atom. The Morgan fingerprint density at radius 2 is 1.59 bits per heavy atom. The number of rotatable bonds is 7. The lowest BCUT2D eigenvalue weighted by Crippen LogP contribution is -2.54. The maximum absolute atomic E-state index is 12.2. The first kappa shape index (κ1) is 20.7. The van der Waals surface area contributed by atoms with Gasteiger partial charge in [0.2, 0.25) is 0 Å². The van der Waals surface area contributed by atoms with E-state index in [0.717, 1.165) is 31.7 Å². The van der Waals surface area contributed by atoms with Crippen LogP contribution < -0.4 is 10.2 Å². The number of para-hydroxylation sites is 1. The molecule has 1 aliphatic rings. The second kappa shape index (κ2) is 10.5. The van der Waals surface area contributed by atoms with E-state index in [0.29, 0.717) is 6.54 Å². The molecule has 0 radical (unpaired) electrons. The maximum atomic E-state index is 12.2. The molecule has 2 aromatic carbocycles. The van der Waals surface area contributed by atoms with E-state index in [9.17, 15) is 9.59 Å². The Bertz CT molecular complexity index is 777. The van der Waals surface area contributed by atoms with E-state index in [4.69, 9.17) is 9.47 Å². The predicted octanol–water partition coefficient (Wildman–Crippen LogP) is 2.28. The minimum absolute atomic E-state index is 0.149. The molecule has 0 bridgehead atoms. The summed E-state index contributed by atoms with van der Waals surface area (Å²) in [7, 11) is 1.32. The zero-order chi connectivity index (χ0) is 20.5. The van der Waals surface area contributed by atoms with Gasteiger partial charge >= 0.3 is 12.1 Å². The Hall–Kier alpha value is -3.06. The highest BCUT2D eigenvalue weighted by Gasteiger charge is 2.27. The van der Waals surface area contributed by atoms with E-state index >= 15 is 0 Å². The van der Waals surface area contributed by atoms with E-state index in [1.54, 1.807) is 0 Å². The highest BCUT2D eigenvalue weighted by Crippen LogP contribution is 2.15. The number of carbonyl (C=O) groups is 2. The van der Waals surface area contributed by atoms with Crippen molar-refractivity contribution in [2.45, 2.75) is 12.6 Å². The third-order valence-electron chi connectivity index (χ3n) is 4.92. The first-order valence-electron chi connectivity index (χ1n) is 9.73. The summed E-state index contributed by atoms with van der Waals surface area (Å²) < 4.78 is 10.1. The summed E-state index contributed by atoms with van der Waals surface area (Å²) in [5, 5.41) is 2.64. The van der Waals surface area contributed by atoms with Crippen LogP contribution >= 0.6 is 0 Å². The molecule has 1 unspecified atom stereocenters. The van der Waals surface area contributed by atoms with Crippen molar-refractivity contribution in [2.75, 3.05) is 44.7 Å². The molecule has 0 spiro atoms. The van der Waals surface area contributed by atoms with Crippen molar-refractivity contribution in [3.05, 3.63) is 66.2 Å². The number of amides is 1. The van der Waals surface area contributed by atoms with Gasteiger partial charge in [-0.05, 0) is 17.7 Å². The van der Waals surface area contributed by atoms with Crippen LogP contribution in [0.4, 0.5) is 10.5 Å². The molecule has 2 aromatic rings. The summed E-state index contributed by atoms with van der Waals surface area (Å²) in [5.41, 5.74) is 2.08. The smallest absolute Gasteiger partial charge is 0.408 e. The monoisotopic (exact) mass is 397 g/mol. The number of carbonyl (C=O) groups excluding carboxylic acids is 2. The van der Waals surface area contributed by atoms with E-state index in [2.05, 4.69) is 27.2 Å². The standard InChI is InChI=1S/C22H27N3O4/c1-28-21(26)20(23-22(27)29-17-18-8-4-2-5-9-18)16-24-12-14-25(15-13-24)19-10-6-3-7-11-19/h2-11,20H,12-17H2,1H3,(H,23,27). The van der Waals surface area contributed by atoms with E-state index < -0.39 is 18.1 Å². The van der Waals surface area contributed by atoms with Gasteiger partial charge in [-0.25, -0.2) is 9.59 Å². The molecule has 7 nitrogen and oxygen atoms in total. The number of ether oxygens (including phenoxy) is 2. The predicted molar refractivity (Wildman–Crippen MR) is 111 cm³/mol. The zero-order valence-electron chi connectivity index (χ0n) is 16.6. The van der Waals surface area contributed by atoms with Gasteiger partial charge in [0, 0.05) is 38.4 Å². The van der Waals surface area contributed by atoms with Gasteiger partial charge < -0.3 is 19.7 Å². The molecular weight excluding hydrogens is 370 g/mol. The van der Waals surface area contributed by atoms with Crippen molar-refractivity contribution in [3.63, 3.8) is 0 Å². The number of piperazine rings is 1. The second-order valence-electron chi connectivity index (χ2n) is 6.91. The van der Waals surface area contributed by atoms with Crippen LogP contribution in [0, 0.1) is 0 Å². The normalized spacial score (nSPS) is 15.4. The molecule has 1 heterocycles. The Labute approximate surface area is 171 Å². The molecular formula is C22H27N3O4. The number of alkyl carbamates (subject to hydrolysis) is 1.